The first-order valence-corrected chi connectivity index (χ1v) is 3.32. The minimum Gasteiger partial charge on any atom is -0.405 e. The number of nitrogens with two attached hydrogens (primary N) is 1. The summed E-state index contributed by atoms with van der Waals surface area (Å²) in [6.45, 7) is 5.53. The molecule has 0 saturated carbocycles. The molecule has 0 aromatic rings. The van der Waals surface area contributed by atoms with Gasteiger partial charge in [0, 0.05) is 5.70 Å². The van der Waals surface area contributed by atoms with Crippen LogP contribution in [-0.2, 0) is 0 Å². The summed E-state index contributed by atoms with van der Waals surface area (Å²) in [6, 6.07) is 0. The van der Waals surface area contributed by atoms with E-state index >= 15 is 0 Å². The van der Waals surface area contributed by atoms with E-state index in [0.29, 0.717) is 0 Å². The Labute approximate surface area is 67.0 Å². The normalized spacial score (nSPS) is 13.0. The molecule has 0 amide bonds. The van der Waals surface area contributed by atoms with E-state index in [0.717, 1.165) is 11.3 Å². The van der Waals surface area contributed by atoms with Gasteiger partial charge in [-0.2, -0.15) is 0 Å². The fourth-order valence-electron chi connectivity index (χ4n) is 0.463. The Balaban J connectivity index is 4.44. The quantitative estimate of drug-likeness (QED) is 0.426. The number of allylic oxidation sites excluding steroid dienone is 3. The first kappa shape index (κ1) is 9.17. The molecule has 0 bridgehead atoms. The topological polar surface area (TPSA) is 38.0 Å². The predicted molar refractivity (Wildman–Crippen MR) is 48.3 cm³/mol. The summed E-state index contributed by atoms with van der Waals surface area (Å²) in [7, 11) is 0. The summed E-state index contributed by atoms with van der Waals surface area (Å²) in [5.41, 5.74) is 7.05. The summed E-state index contributed by atoms with van der Waals surface area (Å²) in [5, 5.41) is 0. The lowest BCUT2D eigenvalue weighted by molar-refractivity contribution is 1.23. The lowest BCUT2D eigenvalue weighted by Crippen LogP contribution is -1.99. The highest BCUT2D eigenvalue weighted by atomic mass is 32.1. The van der Waals surface area contributed by atoms with Crippen LogP contribution in [0.5, 0.6) is 0 Å². The Kier molecular flexibility index (Phi) is 4.58. The number of hydrogen-bond donors (Lipinski definition) is 3. The molecule has 3 N–H and O–H groups in total. The summed E-state index contributed by atoms with van der Waals surface area (Å²) in [5.74, 6) is 0. The number of thiol groups is 1. The van der Waals surface area contributed by atoms with Crippen LogP contribution in [0.15, 0.2) is 36.2 Å². The molecule has 0 fully saturated rings. The average molecular weight is 156 g/mol. The van der Waals surface area contributed by atoms with E-state index in [4.69, 9.17) is 5.73 Å². The summed E-state index contributed by atoms with van der Waals surface area (Å²) in [6.07, 6.45) is 4.91. The van der Waals surface area contributed by atoms with E-state index in [9.17, 15) is 0 Å². The van der Waals surface area contributed by atoms with Gasteiger partial charge in [0.1, 0.15) is 0 Å². The minimum absolute atomic E-state index is 0.862. The Bertz CT molecular complexity index is 170. The van der Waals surface area contributed by atoms with Crippen LogP contribution in [0.4, 0.5) is 0 Å². The van der Waals surface area contributed by atoms with E-state index in [2.05, 4.69) is 24.1 Å². The maximum atomic E-state index is 5.17. The fraction of sp³-hybridized carbons (Fsp3) is 0.143. The molecule has 0 aromatic carbocycles. The van der Waals surface area contributed by atoms with Crippen LogP contribution in [0.25, 0.3) is 0 Å². The molecule has 0 atom stereocenters. The summed E-state index contributed by atoms with van der Waals surface area (Å²) < 4.78 is 2.69. The smallest absolute Gasteiger partial charge is 0.0481 e. The van der Waals surface area contributed by atoms with Gasteiger partial charge in [-0.05, 0) is 24.8 Å². The highest BCUT2D eigenvalue weighted by molar-refractivity contribution is 7.78. The number of rotatable bonds is 3. The number of hydrogen-bond acceptors (Lipinski definition) is 3. The van der Waals surface area contributed by atoms with Gasteiger partial charge in [0.15, 0.2) is 0 Å². The molecule has 0 aliphatic heterocycles. The van der Waals surface area contributed by atoms with Gasteiger partial charge in [-0.25, -0.2) is 0 Å². The predicted octanol–water partition coefficient (Wildman–Crippen LogP) is 1.35. The first-order valence-electron chi connectivity index (χ1n) is 2.88. The van der Waals surface area contributed by atoms with Crippen LogP contribution in [0.2, 0.25) is 0 Å². The van der Waals surface area contributed by atoms with Crippen LogP contribution in [0.3, 0.4) is 0 Å². The highest BCUT2D eigenvalue weighted by Crippen LogP contribution is 2.02. The van der Waals surface area contributed by atoms with Crippen molar-refractivity contribution >= 4 is 12.8 Å². The molecular weight excluding hydrogens is 144 g/mol. The van der Waals surface area contributed by atoms with E-state index in [-0.39, 0.29) is 0 Å². The minimum atomic E-state index is 0.862. The van der Waals surface area contributed by atoms with E-state index in [1.807, 2.05) is 6.92 Å². The molecule has 3 heteroatoms. The zero-order valence-corrected chi connectivity index (χ0v) is 6.86. The van der Waals surface area contributed by atoms with Crippen molar-refractivity contribution in [2.24, 2.45) is 5.73 Å². The van der Waals surface area contributed by atoms with Gasteiger partial charge in [-0.3, -0.25) is 0 Å². The van der Waals surface area contributed by atoms with Crippen LogP contribution >= 0.6 is 12.8 Å². The third-order valence-corrected chi connectivity index (χ3v) is 1.36. The third kappa shape index (κ3) is 2.64. The van der Waals surface area contributed by atoms with Crippen LogP contribution in [0, 0.1) is 0 Å². The maximum Gasteiger partial charge on any atom is 0.0481 e. The van der Waals surface area contributed by atoms with Crippen LogP contribution in [0.1, 0.15) is 6.92 Å². The molecule has 0 aliphatic carbocycles. The first-order chi connectivity index (χ1) is 4.76. The second kappa shape index (κ2) is 4.99. The van der Waals surface area contributed by atoms with Gasteiger partial charge in [0.05, 0.1) is 0 Å². The van der Waals surface area contributed by atoms with Gasteiger partial charge in [-0.1, -0.05) is 25.5 Å². The largest absolute Gasteiger partial charge is 0.405 e. The SMILES string of the molecule is C=C/C(C)=C(/C=C\N)NS. The fourth-order valence-corrected chi connectivity index (χ4v) is 0.714. The molecule has 0 radical (unpaired) electrons. The monoisotopic (exact) mass is 156 g/mol. The number of nitrogens with one attached hydrogen (secondary N) is 1. The second-order valence-electron chi connectivity index (χ2n) is 1.77. The molecule has 56 valence electrons. The Morgan fingerprint density at radius 3 is 2.60 bits per heavy atom. The van der Waals surface area contributed by atoms with Crippen molar-refractivity contribution in [2.75, 3.05) is 0 Å². The van der Waals surface area contributed by atoms with Crippen LogP contribution in [-0.4, -0.2) is 0 Å². The molecule has 0 saturated heterocycles. The third-order valence-electron chi connectivity index (χ3n) is 1.11. The van der Waals surface area contributed by atoms with E-state index < -0.39 is 0 Å². The van der Waals surface area contributed by atoms with Gasteiger partial charge in [-0.15, -0.1) is 0 Å². The molecular formula is C7H12N2S. The van der Waals surface area contributed by atoms with Gasteiger partial charge >= 0.3 is 0 Å². The van der Waals surface area contributed by atoms with Crippen molar-refractivity contribution in [1.82, 2.24) is 4.72 Å². The molecule has 0 aliphatic rings. The van der Waals surface area contributed by atoms with Crippen molar-refractivity contribution in [1.29, 1.82) is 0 Å². The Morgan fingerprint density at radius 2 is 2.30 bits per heavy atom. The van der Waals surface area contributed by atoms with Crippen molar-refractivity contribution in [3.63, 3.8) is 0 Å². The second-order valence-corrected chi connectivity index (χ2v) is 2.00. The van der Waals surface area contributed by atoms with Crippen LogP contribution < -0.4 is 10.5 Å². The zero-order chi connectivity index (χ0) is 7.98. The molecule has 10 heavy (non-hydrogen) atoms. The average Bonchev–Trinajstić information content (AvgIpc) is 1.99. The van der Waals surface area contributed by atoms with Crippen molar-refractivity contribution in [3.05, 3.63) is 36.2 Å². The molecule has 0 unspecified atom stereocenters. The van der Waals surface area contributed by atoms with Gasteiger partial charge in [0.2, 0.25) is 0 Å². The standard InChI is InChI=1S/C7H12N2S/c1-3-6(2)7(9-10)4-5-8/h3-5,9-10H,1,8H2,2H3/b5-4-,7-6-. The van der Waals surface area contributed by atoms with Crippen molar-refractivity contribution < 1.29 is 0 Å². The van der Waals surface area contributed by atoms with E-state index in [1.165, 1.54) is 6.20 Å². The molecule has 0 aromatic heterocycles. The van der Waals surface area contributed by atoms with E-state index in [1.54, 1.807) is 12.2 Å². The molecule has 2 nitrogen and oxygen atoms in total. The zero-order valence-electron chi connectivity index (χ0n) is 5.96. The molecule has 0 spiro atoms. The molecule has 0 heterocycles. The highest BCUT2D eigenvalue weighted by Gasteiger charge is 1.89. The van der Waals surface area contributed by atoms with Crippen molar-refractivity contribution in [3.8, 4) is 0 Å². The lowest BCUT2D eigenvalue weighted by Gasteiger charge is -2.00. The Morgan fingerprint density at radius 1 is 1.70 bits per heavy atom. The lowest BCUT2D eigenvalue weighted by atomic mass is 10.2. The summed E-state index contributed by atoms with van der Waals surface area (Å²) >= 11 is 3.88. The maximum absolute atomic E-state index is 5.17. The van der Waals surface area contributed by atoms with Gasteiger partial charge < -0.3 is 10.5 Å². The van der Waals surface area contributed by atoms with Gasteiger partial charge in [0.25, 0.3) is 0 Å². The Hall–Kier alpha value is -0.830. The molecule has 0 rings (SSSR count). The summed E-state index contributed by atoms with van der Waals surface area (Å²) in [4.78, 5) is 0. The van der Waals surface area contributed by atoms with Crippen molar-refractivity contribution in [2.45, 2.75) is 6.92 Å².